The Hall–Kier alpha value is -1.40. The third-order valence-corrected chi connectivity index (χ3v) is 2.24. The van der Waals surface area contributed by atoms with Crippen molar-refractivity contribution < 1.29 is 10.2 Å². The van der Waals surface area contributed by atoms with Crippen molar-refractivity contribution in [2.24, 2.45) is 0 Å². The van der Waals surface area contributed by atoms with Gasteiger partial charge >= 0.3 is 0 Å². The predicted molar refractivity (Wildman–Crippen MR) is 50.7 cm³/mol. The highest BCUT2D eigenvalue weighted by molar-refractivity contribution is 5.42. The lowest BCUT2D eigenvalue weighted by Crippen LogP contribution is -2.22. The molecule has 0 aliphatic carbocycles. The monoisotopic (exact) mass is 196 g/mol. The van der Waals surface area contributed by atoms with Gasteiger partial charge in [-0.25, -0.2) is 4.98 Å². The summed E-state index contributed by atoms with van der Waals surface area (Å²) in [5.74, 6) is 0.825. The second-order valence-electron chi connectivity index (χ2n) is 3.31. The number of aromatic nitrogens is 2. The van der Waals surface area contributed by atoms with Gasteiger partial charge in [0.25, 0.3) is 0 Å². The fraction of sp³-hybridized carbons (Fsp3) is 0.500. The molecular weight excluding hydrogens is 184 g/mol. The molecule has 2 rings (SSSR count). The number of anilines is 2. The van der Waals surface area contributed by atoms with E-state index in [1.807, 2.05) is 0 Å². The van der Waals surface area contributed by atoms with Crippen molar-refractivity contribution in [2.75, 3.05) is 23.7 Å². The lowest BCUT2D eigenvalue weighted by atomic mass is 10.3. The molecule has 0 saturated carbocycles. The number of nitrogens with two attached hydrogens (primary N) is 1. The number of nitrogen functional groups attached to an aromatic ring is 1. The van der Waals surface area contributed by atoms with Crippen molar-refractivity contribution in [3.63, 3.8) is 0 Å². The van der Waals surface area contributed by atoms with Crippen LogP contribution in [0.2, 0.25) is 0 Å². The summed E-state index contributed by atoms with van der Waals surface area (Å²) < 4.78 is 0. The van der Waals surface area contributed by atoms with E-state index in [1.54, 1.807) is 17.2 Å². The largest absolute Gasteiger partial charge is 0.389 e. The standard InChI is InChI=1S/C8H12N4O2/c9-8-10-2-1-7(11-8)12-3-5(13)6(14)4-12/h1-2,5-6,13-14H,3-4H2,(H2,9,10,11)/t5-,6-/m0/s1. The van der Waals surface area contributed by atoms with E-state index in [1.165, 1.54) is 0 Å². The highest BCUT2D eigenvalue weighted by Gasteiger charge is 2.30. The third-order valence-electron chi connectivity index (χ3n) is 2.24. The summed E-state index contributed by atoms with van der Waals surface area (Å²) in [6, 6.07) is 1.70. The van der Waals surface area contributed by atoms with Gasteiger partial charge in [-0.1, -0.05) is 0 Å². The van der Waals surface area contributed by atoms with E-state index in [2.05, 4.69) is 9.97 Å². The molecule has 2 heterocycles. The van der Waals surface area contributed by atoms with Crippen molar-refractivity contribution >= 4 is 11.8 Å². The molecule has 0 radical (unpaired) electrons. The second kappa shape index (κ2) is 3.39. The van der Waals surface area contributed by atoms with E-state index in [0.29, 0.717) is 18.9 Å². The minimum absolute atomic E-state index is 0.193. The first kappa shape index (κ1) is 9.17. The Morgan fingerprint density at radius 2 is 2.00 bits per heavy atom. The molecule has 6 nitrogen and oxygen atoms in total. The summed E-state index contributed by atoms with van der Waals surface area (Å²) in [6.45, 7) is 0.745. The van der Waals surface area contributed by atoms with Crippen molar-refractivity contribution in [1.29, 1.82) is 0 Å². The topological polar surface area (TPSA) is 95.5 Å². The first-order valence-electron chi connectivity index (χ1n) is 4.36. The lowest BCUT2D eigenvalue weighted by molar-refractivity contribution is 0.0572. The van der Waals surface area contributed by atoms with Gasteiger partial charge in [-0.3, -0.25) is 0 Å². The van der Waals surface area contributed by atoms with Crippen LogP contribution >= 0.6 is 0 Å². The zero-order chi connectivity index (χ0) is 10.1. The lowest BCUT2D eigenvalue weighted by Gasteiger charge is -2.15. The van der Waals surface area contributed by atoms with Gasteiger partial charge in [0.15, 0.2) is 0 Å². The highest BCUT2D eigenvalue weighted by Crippen LogP contribution is 2.18. The second-order valence-corrected chi connectivity index (χ2v) is 3.31. The molecule has 1 aromatic heterocycles. The van der Waals surface area contributed by atoms with Crippen LogP contribution in [0.5, 0.6) is 0 Å². The Morgan fingerprint density at radius 3 is 2.57 bits per heavy atom. The van der Waals surface area contributed by atoms with E-state index in [-0.39, 0.29) is 5.95 Å². The number of rotatable bonds is 1. The minimum atomic E-state index is -0.716. The summed E-state index contributed by atoms with van der Waals surface area (Å²) in [5.41, 5.74) is 5.42. The summed E-state index contributed by atoms with van der Waals surface area (Å²) >= 11 is 0. The van der Waals surface area contributed by atoms with Crippen LogP contribution in [0.25, 0.3) is 0 Å². The molecule has 6 heteroatoms. The van der Waals surface area contributed by atoms with Crippen LogP contribution in [0, 0.1) is 0 Å². The van der Waals surface area contributed by atoms with Crippen LogP contribution in [0.4, 0.5) is 11.8 Å². The van der Waals surface area contributed by atoms with Gasteiger partial charge < -0.3 is 20.8 Å². The van der Waals surface area contributed by atoms with Gasteiger partial charge in [-0.05, 0) is 6.07 Å². The maximum absolute atomic E-state index is 9.33. The van der Waals surface area contributed by atoms with Gasteiger partial charge in [0, 0.05) is 19.3 Å². The van der Waals surface area contributed by atoms with E-state index in [4.69, 9.17) is 5.73 Å². The highest BCUT2D eigenvalue weighted by atomic mass is 16.3. The normalized spacial score (nSPS) is 26.9. The Labute approximate surface area is 81.0 Å². The SMILES string of the molecule is Nc1nccc(N2C[C@H](O)[C@@H](O)C2)n1. The van der Waals surface area contributed by atoms with Gasteiger partial charge in [0.2, 0.25) is 5.95 Å². The Kier molecular flexibility index (Phi) is 2.22. The molecule has 1 aliphatic heterocycles. The number of hydrogen-bond donors (Lipinski definition) is 3. The average Bonchev–Trinajstić information content (AvgIpc) is 2.47. The van der Waals surface area contributed by atoms with Crippen LogP contribution in [0.15, 0.2) is 12.3 Å². The maximum atomic E-state index is 9.33. The zero-order valence-corrected chi connectivity index (χ0v) is 7.54. The van der Waals surface area contributed by atoms with Gasteiger partial charge in [-0.15, -0.1) is 0 Å². The molecule has 76 valence electrons. The molecule has 0 bridgehead atoms. The van der Waals surface area contributed by atoms with Crippen LogP contribution in [0.3, 0.4) is 0 Å². The molecule has 1 saturated heterocycles. The first-order valence-corrected chi connectivity index (χ1v) is 4.36. The quantitative estimate of drug-likeness (QED) is 0.511. The number of β-amino-alcohol motifs (C(OH)–C–C–N with tert-alkyl or cyclic N) is 2. The Bertz CT molecular complexity index is 323. The molecule has 1 fully saturated rings. The Morgan fingerprint density at radius 1 is 1.36 bits per heavy atom. The fourth-order valence-corrected chi connectivity index (χ4v) is 1.50. The summed E-state index contributed by atoms with van der Waals surface area (Å²) in [6.07, 6.45) is 0.117. The number of aliphatic hydroxyl groups is 2. The maximum Gasteiger partial charge on any atom is 0.221 e. The summed E-state index contributed by atoms with van der Waals surface area (Å²) in [5, 5.41) is 18.7. The molecule has 4 N–H and O–H groups in total. The van der Waals surface area contributed by atoms with E-state index in [0.717, 1.165) is 0 Å². The van der Waals surface area contributed by atoms with E-state index in [9.17, 15) is 10.2 Å². The molecule has 1 aliphatic rings. The summed E-state index contributed by atoms with van der Waals surface area (Å²) in [4.78, 5) is 9.53. The van der Waals surface area contributed by atoms with Gasteiger partial charge in [0.05, 0.1) is 12.2 Å². The predicted octanol–water partition coefficient (Wildman–Crippen LogP) is -1.40. The van der Waals surface area contributed by atoms with Crippen LogP contribution in [0.1, 0.15) is 0 Å². The van der Waals surface area contributed by atoms with Crippen molar-refractivity contribution in [3.05, 3.63) is 12.3 Å². The molecular formula is C8H12N4O2. The number of hydrogen-bond acceptors (Lipinski definition) is 6. The van der Waals surface area contributed by atoms with E-state index < -0.39 is 12.2 Å². The first-order chi connectivity index (χ1) is 6.66. The van der Waals surface area contributed by atoms with Crippen molar-refractivity contribution in [1.82, 2.24) is 9.97 Å². The van der Waals surface area contributed by atoms with Crippen LogP contribution in [-0.2, 0) is 0 Å². The van der Waals surface area contributed by atoms with E-state index >= 15 is 0 Å². The molecule has 2 atom stereocenters. The molecule has 14 heavy (non-hydrogen) atoms. The van der Waals surface area contributed by atoms with Crippen molar-refractivity contribution in [2.45, 2.75) is 12.2 Å². The van der Waals surface area contributed by atoms with Crippen molar-refractivity contribution in [3.8, 4) is 0 Å². The van der Waals surface area contributed by atoms with Gasteiger partial charge in [-0.2, -0.15) is 4.98 Å². The molecule has 0 aromatic carbocycles. The molecule has 0 unspecified atom stereocenters. The average molecular weight is 196 g/mol. The zero-order valence-electron chi connectivity index (χ0n) is 7.54. The third kappa shape index (κ3) is 1.61. The minimum Gasteiger partial charge on any atom is -0.389 e. The fourth-order valence-electron chi connectivity index (χ4n) is 1.50. The molecule has 0 spiro atoms. The molecule has 0 amide bonds. The number of nitrogens with zero attached hydrogens (tertiary/aromatic N) is 3. The molecule has 1 aromatic rings. The summed E-state index contributed by atoms with van der Waals surface area (Å²) in [7, 11) is 0. The van der Waals surface area contributed by atoms with Crippen LogP contribution in [-0.4, -0.2) is 45.5 Å². The smallest absolute Gasteiger partial charge is 0.221 e. The van der Waals surface area contributed by atoms with Gasteiger partial charge in [0.1, 0.15) is 5.82 Å². The Balaban J connectivity index is 2.17. The number of aliphatic hydroxyl groups excluding tert-OH is 2. The van der Waals surface area contributed by atoms with Crippen LogP contribution < -0.4 is 10.6 Å².